The maximum absolute atomic E-state index is 13.7. The Bertz CT molecular complexity index is 880. The Balaban J connectivity index is 2.13. The predicted octanol–water partition coefficient (Wildman–Crippen LogP) is 2.44. The fraction of sp³-hybridized carbons (Fsp3) is 0.176. The average Bonchev–Trinajstić information content (AvgIpc) is 2.68. The summed E-state index contributed by atoms with van der Waals surface area (Å²) in [5, 5.41) is 13.7. The summed E-state index contributed by atoms with van der Waals surface area (Å²) in [7, 11) is 0. The number of rotatable bonds is 6. The van der Waals surface area contributed by atoms with E-state index in [1.807, 2.05) is 0 Å². The first-order valence-electron chi connectivity index (χ1n) is 7.62. The molecule has 28 heavy (non-hydrogen) atoms. The summed E-state index contributed by atoms with van der Waals surface area (Å²) in [5.74, 6) is -14.5. The van der Waals surface area contributed by atoms with Gasteiger partial charge in [-0.05, 0) is 17.7 Å². The third-order valence-corrected chi connectivity index (χ3v) is 3.87. The lowest BCUT2D eigenvalue weighted by Crippen LogP contribution is -2.49. The molecule has 0 bridgehead atoms. The van der Waals surface area contributed by atoms with Gasteiger partial charge in [-0.2, -0.15) is 0 Å². The number of amides is 2. The lowest BCUT2D eigenvalue weighted by molar-refractivity contribution is -0.124. The molecule has 2 amide bonds. The Morgan fingerprint density at radius 2 is 1.43 bits per heavy atom. The lowest BCUT2D eigenvalue weighted by Gasteiger charge is -2.17. The topological polar surface area (TPSA) is 78.4 Å². The van der Waals surface area contributed by atoms with Crippen molar-refractivity contribution in [2.24, 2.45) is 0 Å². The van der Waals surface area contributed by atoms with Gasteiger partial charge in [0.2, 0.25) is 11.7 Å². The normalized spacial score (nSPS) is 11.8. The van der Waals surface area contributed by atoms with Gasteiger partial charge in [-0.25, -0.2) is 22.0 Å². The van der Waals surface area contributed by atoms with Gasteiger partial charge in [0, 0.05) is 11.6 Å². The Hall–Kier alpha value is -2.72. The van der Waals surface area contributed by atoms with Crippen molar-refractivity contribution < 1.29 is 36.6 Å². The van der Waals surface area contributed by atoms with E-state index in [1.54, 1.807) is 29.6 Å². The van der Waals surface area contributed by atoms with Crippen LogP contribution in [0.1, 0.15) is 15.9 Å². The molecule has 0 aromatic heterocycles. The third-order valence-electron chi connectivity index (χ3n) is 3.62. The smallest absolute Gasteiger partial charge is 0.258 e. The maximum Gasteiger partial charge on any atom is 0.258 e. The van der Waals surface area contributed by atoms with Crippen LogP contribution in [0, 0.1) is 29.1 Å². The van der Waals surface area contributed by atoms with E-state index in [2.05, 4.69) is 5.32 Å². The first-order chi connectivity index (χ1) is 13.2. The fourth-order valence-corrected chi connectivity index (χ4v) is 2.27. The molecule has 2 aromatic rings. The molecule has 0 saturated heterocycles. The molecule has 0 aliphatic rings. The van der Waals surface area contributed by atoms with Crippen molar-refractivity contribution in [2.75, 3.05) is 6.61 Å². The molecule has 0 aliphatic heterocycles. The summed E-state index contributed by atoms with van der Waals surface area (Å²) in [6.07, 6.45) is 0. The number of nitrogens with one attached hydrogen (secondary N) is 2. The number of carbonyl (C=O) groups excluding carboxylic acids is 2. The lowest BCUT2D eigenvalue weighted by atomic mass is 10.1. The standard InChI is InChI=1S/C17H12ClF5N2O3/c18-8-3-1-7(2-4-8)5-24-16(27)9(6-26)25-17(28)10-11(19)13(21)15(23)14(22)12(10)20/h1-4,9,26H,5-6H2,(H,24,27)(H,25,28)/t9-/m0/s1. The highest BCUT2D eigenvalue weighted by Crippen LogP contribution is 2.23. The second-order valence-electron chi connectivity index (χ2n) is 5.50. The minimum atomic E-state index is -2.43. The van der Waals surface area contributed by atoms with E-state index in [1.165, 1.54) is 0 Å². The van der Waals surface area contributed by atoms with Gasteiger partial charge >= 0.3 is 0 Å². The molecule has 1 atom stereocenters. The number of aliphatic hydroxyl groups excluding tert-OH is 1. The quantitative estimate of drug-likeness (QED) is 0.380. The second kappa shape index (κ2) is 8.98. The average molecular weight is 423 g/mol. The molecular weight excluding hydrogens is 411 g/mol. The first kappa shape index (κ1) is 21.6. The number of benzene rings is 2. The number of hydrogen-bond donors (Lipinski definition) is 3. The Morgan fingerprint density at radius 1 is 0.929 bits per heavy atom. The van der Waals surface area contributed by atoms with Gasteiger partial charge in [0.1, 0.15) is 11.6 Å². The van der Waals surface area contributed by atoms with E-state index in [9.17, 15) is 36.6 Å². The van der Waals surface area contributed by atoms with Crippen molar-refractivity contribution in [1.82, 2.24) is 10.6 Å². The molecule has 2 rings (SSSR count). The molecule has 0 heterocycles. The van der Waals surface area contributed by atoms with Crippen molar-refractivity contribution in [3.63, 3.8) is 0 Å². The minimum Gasteiger partial charge on any atom is -0.394 e. The van der Waals surface area contributed by atoms with E-state index in [-0.39, 0.29) is 6.54 Å². The van der Waals surface area contributed by atoms with Gasteiger partial charge < -0.3 is 15.7 Å². The number of hydrogen-bond acceptors (Lipinski definition) is 3. The van der Waals surface area contributed by atoms with Crippen LogP contribution < -0.4 is 10.6 Å². The molecule has 2 aromatic carbocycles. The minimum absolute atomic E-state index is 0.0368. The zero-order chi connectivity index (χ0) is 21.0. The largest absolute Gasteiger partial charge is 0.394 e. The number of carbonyl (C=O) groups is 2. The van der Waals surface area contributed by atoms with Crippen LogP contribution in [0.25, 0.3) is 0 Å². The highest BCUT2D eigenvalue weighted by molar-refractivity contribution is 6.30. The van der Waals surface area contributed by atoms with E-state index in [0.29, 0.717) is 10.6 Å². The summed E-state index contributed by atoms with van der Waals surface area (Å²) >= 11 is 5.71. The predicted molar refractivity (Wildman–Crippen MR) is 87.9 cm³/mol. The summed E-state index contributed by atoms with van der Waals surface area (Å²) < 4.78 is 66.7. The van der Waals surface area contributed by atoms with Crippen molar-refractivity contribution >= 4 is 23.4 Å². The molecule has 11 heteroatoms. The summed E-state index contributed by atoms with van der Waals surface area (Å²) in [5.41, 5.74) is -1.15. The van der Waals surface area contributed by atoms with Gasteiger partial charge in [0.15, 0.2) is 23.3 Å². The van der Waals surface area contributed by atoms with Gasteiger partial charge in [0.05, 0.1) is 6.61 Å². The van der Waals surface area contributed by atoms with E-state index in [0.717, 1.165) is 0 Å². The van der Waals surface area contributed by atoms with Crippen molar-refractivity contribution in [1.29, 1.82) is 0 Å². The zero-order valence-corrected chi connectivity index (χ0v) is 14.6. The van der Waals surface area contributed by atoms with Crippen LogP contribution in [0.15, 0.2) is 24.3 Å². The fourth-order valence-electron chi connectivity index (χ4n) is 2.14. The summed E-state index contributed by atoms with van der Waals surface area (Å²) in [6, 6.07) is 4.58. The SMILES string of the molecule is O=C(N[C@@H](CO)C(=O)NCc1ccc(Cl)cc1)c1c(F)c(F)c(F)c(F)c1F. The van der Waals surface area contributed by atoms with Crippen LogP contribution in [-0.2, 0) is 11.3 Å². The molecule has 3 N–H and O–H groups in total. The molecule has 0 fully saturated rings. The molecule has 0 unspecified atom stereocenters. The van der Waals surface area contributed by atoms with Crippen LogP contribution in [0.2, 0.25) is 5.02 Å². The third kappa shape index (κ3) is 4.57. The molecule has 0 spiro atoms. The van der Waals surface area contributed by atoms with Crippen LogP contribution in [0.4, 0.5) is 22.0 Å². The molecule has 0 aliphatic carbocycles. The van der Waals surface area contributed by atoms with Gasteiger partial charge in [0.25, 0.3) is 5.91 Å². The highest BCUT2D eigenvalue weighted by atomic mass is 35.5. The van der Waals surface area contributed by atoms with Crippen molar-refractivity contribution in [3.05, 3.63) is 69.5 Å². The van der Waals surface area contributed by atoms with Crippen LogP contribution >= 0.6 is 11.6 Å². The Morgan fingerprint density at radius 3 is 1.93 bits per heavy atom. The molecule has 5 nitrogen and oxygen atoms in total. The molecule has 150 valence electrons. The van der Waals surface area contributed by atoms with Crippen LogP contribution in [0.5, 0.6) is 0 Å². The van der Waals surface area contributed by atoms with E-state index in [4.69, 9.17) is 11.6 Å². The van der Waals surface area contributed by atoms with Crippen molar-refractivity contribution in [3.8, 4) is 0 Å². The van der Waals surface area contributed by atoms with Crippen LogP contribution in [-0.4, -0.2) is 29.6 Å². The Kier molecular flexibility index (Phi) is 6.92. The van der Waals surface area contributed by atoms with Gasteiger partial charge in [-0.3, -0.25) is 9.59 Å². The second-order valence-corrected chi connectivity index (χ2v) is 5.93. The monoisotopic (exact) mass is 422 g/mol. The number of aliphatic hydroxyl groups is 1. The van der Waals surface area contributed by atoms with Gasteiger partial charge in [-0.1, -0.05) is 23.7 Å². The van der Waals surface area contributed by atoms with Gasteiger partial charge in [-0.15, -0.1) is 0 Å². The molecular formula is C17H12ClF5N2O3. The van der Waals surface area contributed by atoms with Crippen LogP contribution in [0.3, 0.4) is 0 Å². The highest BCUT2D eigenvalue weighted by Gasteiger charge is 2.31. The van der Waals surface area contributed by atoms with E-state index < -0.39 is 59.1 Å². The maximum atomic E-state index is 13.7. The molecule has 0 radical (unpaired) electrons. The van der Waals surface area contributed by atoms with Crippen molar-refractivity contribution in [2.45, 2.75) is 12.6 Å². The number of halogens is 6. The first-order valence-corrected chi connectivity index (χ1v) is 8.00. The Labute approximate surface area is 160 Å². The zero-order valence-electron chi connectivity index (χ0n) is 13.8. The summed E-state index contributed by atoms with van der Waals surface area (Å²) in [6.45, 7) is -1.03. The molecule has 0 saturated carbocycles. The summed E-state index contributed by atoms with van der Waals surface area (Å²) in [4.78, 5) is 24.0. The van der Waals surface area contributed by atoms with E-state index >= 15 is 0 Å².